The van der Waals surface area contributed by atoms with E-state index >= 15 is 0 Å². The summed E-state index contributed by atoms with van der Waals surface area (Å²) in [6.07, 6.45) is 1.78. The van der Waals surface area contributed by atoms with Crippen LogP contribution >= 0.6 is 0 Å². The minimum absolute atomic E-state index is 0.161. The van der Waals surface area contributed by atoms with Gasteiger partial charge in [-0.05, 0) is 18.4 Å². The molecule has 0 fully saturated rings. The molecule has 1 aliphatic carbocycles. The summed E-state index contributed by atoms with van der Waals surface area (Å²) in [4.78, 5) is 22.2. The Balaban J connectivity index is 2.28. The van der Waals surface area contributed by atoms with Gasteiger partial charge in [0.2, 0.25) is 0 Å². The van der Waals surface area contributed by atoms with E-state index in [1.165, 1.54) is 20.1 Å². The van der Waals surface area contributed by atoms with Crippen LogP contribution in [-0.4, -0.2) is 19.2 Å². The van der Waals surface area contributed by atoms with Crippen molar-refractivity contribution in [1.82, 2.24) is 0 Å². The number of hydrogen-bond donors (Lipinski definition) is 0. The molecule has 92 valence electrons. The molecule has 0 bridgehead atoms. The summed E-state index contributed by atoms with van der Waals surface area (Å²) in [6.45, 7) is 1.38. The first-order chi connectivity index (χ1) is 8.10. The zero-order valence-corrected chi connectivity index (χ0v) is 9.82. The van der Waals surface area contributed by atoms with Crippen LogP contribution in [0.4, 0.5) is 0 Å². The summed E-state index contributed by atoms with van der Waals surface area (Å²) in [7, 11) is 1.47. The zero-order chi connectivity index (χ0) is 12.4. The van der Waals surface area contributed by atoms with E-state index in [0.717, 1.165) is 17.5 Å². The molecule has 17 heavy (non-hydrogen) atoms. The van der Waals surface area contributed by atoms with Crippen molar-refractivity contribution in [1.29, 1.82) is 0 Å². The fourth-order valence-corrected chi connectivity index (χ4v) is 2.14. The van der Waals surface area contributed by atoms with Gasteiger partial charge in [0.25, 0.3) is 5.95 Å². The molecule has 0 N–H and O–H groups in total. The van der Waals surface area contributed by atoms with Crippen LogP contribution in [0.2, 0.25) is 0 Å². The molecule has 1 atom stereocenters. The van der Waals surface area contributed by atoms with Gasteiger partial charge in [0, 0.05) is 25.0 Å². The first-order valence-electron chi connectivity index (χ1n) is 5.47. The second-order valence-electron chi connectivity index (χ2n) is 4.04. The number of carbonyl (C=O) groups excluding carboxylic acids is 1. The number of esters is 1. The van der Waals surface area contributed by atoms with E-state index in [1.54, 1.807) is 0 Å². The smallest absolute Gasteiger partial charge is 0.338 e. The molecule has 0 spiro atoms. The number of hydrogen-bond acceptors (Lipinski definition) is 5. The predicted octanol–water partition coefficient (Wildman–Crippen LogP) is 1.07. The fourth-order valence-electron chi connectivity index (χ4n) is 2.14. The Morgan fingerprint density at radius 2 is 2.29 bits per heavy atom. The topological polar surface area (TPSA) is 65.7 Å². The summed E-state index contributed by atoms with van der Waals surface area (Å²) in [6, 6.07) is 1.44. The highest BCUT2D eigenvalue weighted by Crippen LogP contribution is 2.29. The predicted molar refractivity (Wildman–Crippen MR) is 59.1 cm³/mol. The minimum atomic E-state index is -0.441. The SMILES string of the molecule is COc1oc(=O)cc2c1CCC(OC(C)=O)C2. The van der Waals surface area contributed by atoms with Gasteiger partial charge in [-0.15, -0.1) is 0 Å². The van der Waals surface area contributed by atoms with Gasteiger partial charge in [-0.3, -0.25) is 4.79 Å². The third-order valence-corrected chi connectivity index (χ3v) is 2.80. The monoisotopic (exact) mass is 238 g/mol. The lowest BCUT2D eigenvalue weighted by Crippen LogP contribution is -2.26. The van der Waals surface area contributed by atoms with Crippen LogP contribution in [0.3, 0.4) is 0 Å². The summed E-state index contributed by atoms with van der Waals surface area (Å²) in [5.41, 5.74) is 1.30. The molecule has 1 aromatic heterocycles. The van der Waals surface area contributed by atoms with Crippen LogP contribution in [0.5, 0.6) is 5.95 Å². The Labute approximate surface area is 98.3 Å². The Morgan fingerprint density at radius 3 is 2.94 bits per heavy atom. The Morgan fingerprint density at radius 1 is 1.53 bits per heavy atom. The van der Waals surface area contributed by atoms with Gasteiger partial charge in [-0.2, -0.15) is 0 Å². The van der Waals surface area contributed by atoms with Gasteiger partial charge in [-0.1, -0.05) is 0 Å². The van der Waals surface area contributed by atoms with Gasteiger partial charge in [0.15, 0.2) is 0 Å². The third-order valence-electron chi connectivity index (χ3n) is 2.80. The van der Waals surface area contributed by atoms with Gasteiger partial charge in [0.1, 0.15) is 6.10 Å². The highest BCUT2D eigenvalue weighted by Gasteiger charge is 2.25. The van der Waals surface area contributed by atoms with Crippen LogP contribution in [-0.2, 0) is 22.4 Å². The van der Waals surface area contributed by atoms with Gasteiger partial charge >= 0.3 is 11.6 Å². The molecule has 0 saturated carbocycles. The normalized spacial score (nSPS) is 18.4. The van der Waals surface area contributed by atoms with Crippen LogP contribution in [0, 0.1) is 0 Å². The van der Waals surface area contributed by atoms with Crippen molar-refractivity contribution in [3.63, 3.8) is 0 Å². The largest absolute Gasteiger partial charge is 0.468 e. The van der Waals surface area contributed by atoms with Gasteiger partial charge in [-0.25, -0.2) is 4.79 Å². The number of ether oxygens (including phenoxy) is 2. The summed E-state index contributed by atoms with van der Waals surface area (Å²) >= 11 is 0. The van der Waals surface area contributed by atoms with Crippen molar-refractivity contribution in [2.75, 3.05) is 7.11 Å². The van der Waals surface area contributed by atoms with Crippen molar-refractivity contribution >= 4 is 5.97 Å². The molecule has 0 saturated heterocycles. The minimum Gasteiger partial charge on any atom is -0.468 e. The summed E-state index contributed by atoms with van der Waals surface area (Å²) < 4.78 is 15.1. The van der Waals surface area contributed by atoms with Crippen molar-refractivity contribution in [2.24, 2.45) is 0 Å². The van der Waals surface area contributed by atoms with Crippen molar-refractivity contribution in [3.05, 3.63) is 27.6 Å². The molecule has 0 aliphatic heterocycles. The lowest BCUT2D eigenvalue weighted by Gasteiger charge is -2.24. The number of carbonyl (C=O) groups is 1. The van der Waals surface area contributed by atoms with E-state index in [9.17, 15) is 9.59 Å². The van der Waals surface area contributed by atoms with E-state index in [-0.39, 0.29) is 18.0 Å². The van der Waals surface area contributed by atoms with E-state index in [2.05, 4.69) is 0 Å². The molecule has 2 rings (SSSR count). The number of methoxy groups -OCH3 is 1. The second kappa shape index (κ2) is 4.61. The molecule has 0 aromatic carbocycles. The summed E-state index contributed by atoms with van der Waals surface area (Å²) in [5.74, 6) is -0.0258. The highest BCUT2D eigenvalue weighted by molar-refractivity contribution is 5.66. The van der Waals surface area contributed by atoms with Crippen LogP contribution in [0.15, 0.2) is 15.3 Å². The first-order valence-corrected chi connectivity index (χ1v) is 5.47. The molecule has 1 unspecified atom stereocenters. The third kappa shape index (κ3) is 2.49. The second-order valence-corrected chi connectivity index (χ2v) is 4.04. The Hall–Kier alpha value is -1.78. The maximum Gasteiger partial charge on any atom is 0.338 e. The fraction of sp³-hybridized carbons (Fsp3) is 0.500. The van der Waals surface area contributed by atoms with E-state index in [4.69, 9.17) is 13.9 Å². The van der Waals surface area contributed by atoms with E-state index < -0.39 is 5.63 Å². The average Bonchev–Trinajstić information content (AvgIpc) is 2.26. The van der Waals surface area contributed by atoms with Crippen molar-refractivity contribution < 1.29 is 18.7 Å². The van der Waals surface area contributed by atoms with Crippen molar-refractivity contribution in [3.8, 4) is 5.95 Å². The molecule has 0 amide bonds. The van der Waals surface area contributed by atoms with Crippen LogP contribution < -0.4 is 10.4 Å². The number of rotatable bonds is 2. The molecule has 5 nitrogen and oxygen atoms in total. The molecular formula is C12H14O5. The summed E-state index contributed by atoms with van der Waals surface area (Å²) in [5, 5.41) is 0. The molecule has 5 heteroatoms. The van der Waals surface area contributed by atoms with E-state index in [1.807, 2.05) is 0 Å². The average molecular weight is 238 g/mol. The van der Waals surface area contributed by atoms with Crippen LogP contribution in [0.25, 0.3) is 0 Å². The molecular weight excluding hydrogens is 224 g/mol. The van der Waals surface area contributed by atoms with Crippen LogP contribution in [0.1, 0.15) is 24.5 Å². The van der Waals surface area contributed by atoms with Crippen molar-refractivity contribution in [2.45, 2.75) is 32.3 Å². The maximum absolute atomic E-state index is 11.3. The Bertz CT molecular complexity index is 488. The quantitative estimate of drug-likeness (QED) is 0.721. The zero-order valence-electron chi connectivity index (χ0n) is 9.82. The highest BCUT2D eigenvalue weighted by atomic mass is 16.6. The lowest BCUT2D eigenvalue weighted by molar-refractivity contribution is -0.146. The first kappa shape index (κ1) is 11.7. The van der Waals surface area contributed by atoms with E-state index in [0.29, 0.717) is 12.8 Å². The number of fused-ring (bicyclic) bond motifs is 1. The maximum atomic E-state index is 11.3. The molecule has 1 aliphatic rings. The lowest BCUT2D eigenvalue weighted by atomic mass is 9.91. The van der Waals surface area contributed by atoms with Gasteiger partial charge < -0.3 is 13.9 Å². The molecule has 1 heterocycles. The standard InChI is InChI=1S/C12H14O5/c1-7(13)16-9-3-4-10-8(5-9)6-11(14)17-12(10)15-2/h6,9H,3-5H2,1-2H3. The Kier molecular flexibility index (Phi) is 3.17. The van der Waals surface area contributed by atoms with Gasteiger partial charge in [0.05, 0.1) is 7.11 Å². The molecule has 1 aromatic rings. The molecule has 0 radical (unpaired) electrons.